The van der Waals surface area contributed by atoms with Crippen LogP contribution in [-0.4, -0.2) is 45.9 Å². The van der Waals surface area contributed by atoms with Crippen LogP contribution in [0.4, 0.5) is 0 Å². The number of nitrogens with two attached hydrogens (primary N) is 1. The van der Waals surface area contributed by atoms with Gasteiger partial charge in [-0.25, -0.2) is 4.68 Å². The normalized spacial score (nSPS) is 15.0. The van der Waals surface area contributed by atoms with Gasteiger partial charge in [-0.15, -0.1) is 10.2 Å². The standard InChI is InChI=1S/C22H25N5O2S/c1-29-18-12-10-17(11-13-18)20-24-25-22(27(20)23)30-19(16-8-4-2-5-9-16)21(28)26-14-6-3-7-15-26/h2,4-5,8-13,19H,3,6-7,14-15,23H2,1H3. The summed E-state index contributed by atoms with van der Waals surface area (Å²) in [4.78, 5) is 15.3. The summed E-state index contributed by atoms with van der Waals surface area (Å²) < 4.78 is 6.66. The van der Waals surface area contributed by atoms with Gasteiger partial charge in [-0.1, -0.05) is 42.1 Å². The highest BCUT2D eigenvalue weighted by Gasteiger charge is 2.30. The van der Waals surface area contributed by atoms with Gasteiger partial charge in [0.15, 0.2) is 5.82 Å². The maximum absolute atomic E-state index is 13.4. The molecule has 0 bridgehead atoms. The van der Waals surface area contributed by atoms with Gasteiger partial charge in [0.2, 0.25) is 11.1 Å². The van der Waals surface area contributed by atoms with E-state index in [9.17, 15) is 4.79 Å². The highest BCUT2D eigenvalue weighted by atomic mass is 32.2. The molecule has 1 unspecified atom stereocenters. The van der Waals surface area contributed by atoms with Gasteiger partial charge >= 0.3 is 0 Å². The second-order valence-electron chi connectivity index (χ2n) is 7.20. The predicted molar refractivity (Wildman–Crippen MR) is 118 cm³/mol. The molecule has 4 rings (SSSR count). The van der Waals surface area contributed by atoms with E-state index in [1.165, 1.54) is 22.9 Å². The maximum atomic E-state index is 13.4. The quantitative estimate of drug-likeness (QED) is 0.482. The van der Waals surface area contributed by atoms with Crippen LogP contribution in [0.2, 0.25) is 0 Å². The van der Waals surface area contributed by atoms with Crippen molar-refractivity contribution in [2.24, 2.45) is 0 Å². The molecule has 7 nitrogen and oxygen atoms in total. The van der Waals surface area contributed by atoms with Crippen LogP contribution in [0.25, 0.3) is 11.4 Å². The average Bonchev–Trinajstić information content (AvgIpc) is 3.18. The predicted octanol–water partition coefficient (Wildman–Crippen LogP) is 3.51. The van der Waals surface area contributed by atoms with E-state index in [1.54, 1.807) is 7.11 Å². The van der Waals surface area contributed by atoms with Gasteiger partial charge in [-0.3, -0.25) is 4.79 Å². The van der Waals surface area contributed by atoms with Crippen molar-refractivity contribution in [3.05, 3.63) is 60.2 Å². The minimum Gasteiger partial charge on any atom is -0.497 e. The van der Waals surface area contributed by atoms with Gasteiger partial charge in [0, 0.05) is 18.7 Å². The lowest BCUT2D eigenvalue weighted by Crippen LogP contribution is -2.38. The third-order valence-corrected chi connectivity index (χ3v) is 6.43. The van der Waals surface area contributed by atoms with Crippen molar-refractivity contribution in [2.45, 2.75) is 29.7 Å². The minimum atomic E-state index is -0.417. The fourth-order valence-electron chi connectivity index (χ4n) is 3.57. The number of carbonyl (C=O) groups excluding carboxylic acids is 1. The van der Waals surface area contributed by atoms with Crippen molar-refractivity contribution < 1.29 is 9.53 Å². The first-order valence-electron chi connectivity index (χ1n) is 10.0. The first-order valence-corrected chi connectivity index (χ1v) is 10.9. The summed E-state index contributed by atoms with van der Waals surface area (Å²) in [7, 11) is 1.62. The number of benzene rings is 2. The first-order chi connectivity index (χ1) is 14.7. The van der Waals surface area contributed by atoms with Crippen LogP contribution in [0.15, 0.2) is 59.8 Å². The Morgan fingerprint density at radius 1 is 1.03 bits per heavy atom. The number of nitrogens with zero attached hydrogens (tertiary/aromatic N) is 4. The Labute approximate surface area is 180 Å². The molecule has 1 aliphatic rings. The fraction of sp³-hybridized carbons (Fsp3) is 0.318. The van der Waals surface area contributed by atoms with Crippen molar-refractivity contribution in [3.63, 3.8) is 0 Å². The summed E-state index contributed by atoms with van der Waals surface area (Å²) in [6.07, 6.45) is 3.27. The van der Waals surface area contributed by atoms with Crippen LogP contribution in [0.3, 0.4) is 0 Å². The number of aromatic nitrogens is 3. The van der Waals surface area contributed by atoms with E-state index in [0.717, 1.165) is 42.8 Å². The number of ether oxygens (including phenoxy) is 1. The van der Waals surface area contributed by atoms with Gasteiger partial charge < -0.3 is 15.5 Å². The van der Waals surface area contributed by atoms with Gasteiger partial charge in [0.05, 0.1) is 7.11 Å². The van der Waals surface area contributed by atoms with E-state index < -0.39 is 5.25 Å². The average molecular weight is 424 g/mol. The van der Waals surface area contributed by atoms with E-state index >= 15 is 0 Å². The number of amides is 1. The number of likely N-dealkylation sites (tertiary alicyclic amines) is 1. The van der Waals surface area contributed by atoms with Crippen molar-refractivity contribution >= 4 is 17.7 Å². The topological polar surface area (TPSA) is 86.3 Å². The molecule has 2 aromatic carbocycles. The number of carbonyl (C=O) groups is 1. The SMILES string of the molecule is COc1ccc(-c2nnc(SC(C(=O)N3CCCCC3)c3ccccc3)n2N)cc1. The molecule has 2 N–H and O–H groups in total. The zero-order valence-corrected chi connectivity index (χ0v) is 17.7. The van der Waals surface area contributed by atoms with E-state index in [0.29, 0.717) is 11.0 Å². The van der Waals surface area contributed by atoms with E-state index in [1.807, 2.05) is 59.5 Å². The van der Waals surface area contributed by atoms with Gasteiger partial charge in [-0.2, -0.15) is 0 Å². The molecule has 8 heteroatoms. The number of piperidine rings is 1. The van der Waals surface area contributed by atoms with Crippen LogP contribution < -0.4 is 10.6 Å². The summed E-state index contributed by atoms with van der Waals surface area (Å²) >= 11 is 1.34. The highest BCUT2D eigenvalue weighted by molar-refractivity contribution is 8.00. The Kier molecular flexibility index (Phi) is 6.23. The molecule has 1 saturated heterocycles. The van der Waals surface area contributed by atoms with Crippen LogP contribution >= 0.6 is 11.8 Å². The maximum Gasteiger partial charge on any atom is 0.240 e. The third kappa shape index (κ3) is 4.28. The van der Waals surface area contributed by atoms with E-state index in [4.69, 9.17) is 10.6 Å². The molecule has 1 fully saturated rings. The number of nitrogen functional groups attached to an aromatic ring is 1. The molecule has 2 heterocycles. The summed E-state index contributed by atoms with van der Waals surface area (Å²) in [6, 6.07) is 17.3. The monoisotopic (exact) mass is 423 g/mol. The summed E-state index contributed by atoms with van der Waals surface area (Å²) in [5.41, 5.74) is 1.77. The molecule has 1 atom stereocenters. The zero-order chi connectivity index (χ0) is 20.9. The second-order valence-corrected chi connectivity index (χ2v) is 8.27. The molecule has 30 heavy (non-hydrogen) atoms. The van der Waals surface area contributed by atoms with E-state index in [-0.39, 0.29) is 5.91 Å². The Bertz CT molecular complexity index is 985. The number of methoxy groups -OCH3 is 1. The summed E-state index contributed by atoms with van der Waals surface area (Å²) in [5, 5.41) is 8.62. The number of rotatable bonds is 6. The van der Waals surface area contributed by atoms with Crippen molar-refractivity contribution in [2.75, 3.05) is 26.0 Å². The van der Waals surface area contributed by atoms with Gasteiger partial charge in [-0.05, 0) is 49.1 Å². The van der Waals surface area contributed by atoms with Gasteiger partial charge in [0.1, 0.15) is 11.0 Å². The molecule has 1 aliphatic heterocycles. The van der Waals surface area contributed by atoms with Crippen molar-refractivity contribution in [1.29, 1.82) is 0 Å². The third-order valence-electron chi connectivity index (χ3n) is 5.23. The Morgan fingerprint density at radius 2 is 1.73 bits per heavy atom. The lowest BCUT2D eigenvalue weighted by Gasteiger charge is -2.30. The minimum absolute atomic E-state index is 0.0971. The molecule has 156 valence electrons. The Balaban J connectivity index is 1.61. The van der Waals surface area contributed by atoms with Crippen molar-refractivity contribution in [3.8, 4) is 17.1 Å². The molecule has 0 saturated carbocycles. The number of hydrogen-bond donors (Lipinski definition) is 1. The first kappa shape index (κ1) is 20.3. The summed E-state index contributed by atoms with van der Waals surface area (Å²) in [5.74, 6) is 7.72. The fourth-order valence-corrected chi connectivity index (χ4v) is 4.61. The molecular formula is C22H25N5O2S. The van der Waals surface area contributed by atoms with Gasteiger partial charge in [0.25, 0.3) is 0 Å². The van der Waals surface area contributed by atoms with Crippen LogP contribution in [0, 0.1) is 0 Å². The largest absolute Gasteiger partial charge is 0.497 e. The summed E-state index contributed by atoms with van der Waals surface area (Å²) in [6.45, 7) is 1.60. The smallest absolute Gasteiger partial charge is 0.240 e. The molecule has 1 aromatic heterocycles. The van der Waals surface area contributed by atoms with E-state index in [2.05, 4.69) is 10.2 Å². The highest BCUT2D eigenvalue weighted by Crippen LogP contribution is 2.37. The zero-order valence-electron chi connectivity index (χ0n) is 16.9. The molecule has 1 amide bonds. The molecule has 0 radical (unpaired) electrons. The van der Waals surface area contributed by atoms with Crippen LogP contribution in [0.5, 0.6) is 5.75 Å². The van der Waals surface area contributed by atoms with Crippen LogP contribution in [0.1, 0.15) is 30.1 Å². The lowest BCUT2D eigenvalue weighted by atomic mass is 10.1. The number of thioether (sulfide) groups is 1. The molecular weight excluding hydrogens is 398 g/mol. The molecule has 3 aromatic rings. The van der Waals surface area contributed by atoms with Crippen molar-refractivity contribution in [1.82, 2.24) is 19.8 Å². The van der Waals surface area contributed by atoms with Crippen LogP contribution in [-0.2, 0) is 4.79 Å². The Morgan fingerprint density at radius 3 is 2.40 bits per heavy atom. The second kappa shape index (κ2) is 9.21. The molecule has 0 spiro atoms. The Hall–Kier alpha value is -3.00. The molecule has 0 aliphatic carbocycles. The lowest BCUT2D eigenvalue weighted by molar-refractivity contribution is -0.131. The number of hydrogen-bond acceptors (Lipinski definition) is 6.